The fourth-order valence-corrected chi connectivity index (χ4v) is 1.69. The van der Waals surface area contributed by atoms with Gasteiger partial charge in [-0.3, -0.25) is 4.98 Å². The molecular weight excluding hydrogens is 281 g/mol. The third kappa shape index (κ3) is 2.77. The van der Waals surface area contributed by atoms with E-state index in [1.807, 2.05) is 0 Å². The molecule has 7 heteroatoms. The summed E-state index contributed by atoms with van der Waals surface area (Å²) in [6.45, 7) is 0. The van der Waals surface area contributed by atoms with Gasteiger partial charge in [0, 0.05) is 6.20 Å². The van der Waals surface area contributed by atoms with Gasteiger partial charge in [-0.1, -0.05) is 6.07 Å². The van der Waals surface area contributed by atoms with Gasteiger partial charge < -0.3 is 5.11 Å². The Morgan fingerprint density at radius 2 is 1.75 bits per heavy atom. The average molecular weight is 289 g/mol. The molecule has 2 rings (SSSR count). The van der Waals surface area contributed by atoms with Gasteiger partial charge in [-0.15, -0.1) is 0 Å². The zero-order valence-corrected chi connectivity index (χ0v) is 9.83. The highest BCUT2D eigenvalue weighted by Crippen LogP contribution is 2.34. The van der Waals surface area contributed by atoms with Crippen LogP contribution in [0.2, 0.25) is 0 Å². The van der Waals surface area contributed by atoms with Crippen LogP contribution in [0, 0.1) is 11.6 Å². The number of pyridine rings is 1. The quantitative estimate of drug-likeness (QED) is 0.859. The molecule has 1 unspecified atom stereocenters. The van der Waals surface area contributed by atoms with E-state index in [9.17, 15) is 27.1 Å². The Balaban J connectivity index is 2.46. The van der Waals surface area contributed by atoms with Gasteiger partial charge in [0.1, 0.15) is 23.4 Å². The summed E-state index contributed by atoms with van der Waals surface area (Å²) in [5.74, 6) is -2.33. The minimum atomic E-state index is -4.90. The van der Waals surface area contributed by atoms with Crippen molar-refractivity contribution < 1.29 is 27.1 Å². The summed E-state index contributed by atoms with van der Waals surface area (Å²) in [5.41, 5.74) is -2.24. The minimum absolute atomic E-state index is 0.295. The predicted molar refractivity (Wildman–Crippen MR) is 59.7 cm³/mol. The zero-order valence-electron chi connectivity index (χ0n) is 9.83. The maximum Gasteiger partial charge on any atom is 0.419 e. The summed E-state index contributed by atoms with van der Waals surface area (Å²) in [6, 6.07) is 4.25. The number of rotatable bonds is 2. The summed E-state index contributed by atoms with van der Waals surface area (Å²) in [6.07, 6.45) is -5.42. The van der Waals surface area contributed by atoms with Crippen LogP contribution in [0.4, 0.5) is 22.0 Å². The molecular formula is C13H8F5NO. The molecule has 0 saturated carbocycles. The Morgan fingerprint density at radius 1 is 1.05 bits per heavy atom. The number of aromatic nitrogens is 1. The molecule has 0 aliphatic heterocycles. The Kier molecular flexibility index (Phi) is 3.71. The fraction of sp³-hybridized carbons (Fsp3) is 0.154. The van der Waals surface area contributed by atoms with Crippen LogP contribution in [-0.2, 0) is 6.18 Å². The summed E-state index contributed by atoms with van der Waals surface area (Å²) in [7, 11) is 0. The van der Waals surface area contributed by atoms with E-state index in [-0.39, 0.29) is 5.56 Å². The second kappa shape index (κ2) is 5.16. The van der Waals surface area contributed by atoms with Crippen molar-refractivity contribution in [1.29, 1.82) is 0 Å². The van der Waals surface area contributed by atoms with E-state index < -0.39 is 35.2 Å². The van der Waals surface area contributed by atoms with Crippen LogP contribution >= 0.6 is 0 Å². The van der Waals surface area contributed by atoms with Crippen molar-refractivity contribution >= 4 is 0 Å². The van der Waals surface area contributed by atoms with Crippen LogP contribution in [0.1, 0.15) is 22.9 Å². The molecule has 0 aliphatic rings. The van der Waals surface area contributed by atoms with Gasteiger partial charge in [0.05, 0.1) is 5.56 Å². The van der Waals surface area contributed by atoms with Crippen molar-refractivity contribution in [2.24, 2.45) is 0 Å². The molecule has 0 fully saturated rings. The summed E-state index contributed by atoms with van der Waals surface area (Å²) in [4.78, 5) is 3.57. The van der Waals surface area contributed by atoms with Crippen LogP contribution in [0.5, 0.6) is 0 Å². The van der Waals surface area contributed by atoms with Crippen LogP contribution in [0.15, 0.2) is 36.5 Å². The first-order valence-corrected chi connectivity index (χ1v) is 5.46. The van der Waals surface area contributed by atoms with E-state index >= 15 is 0 Å². The SMILES string of the molecule is OC(c1ccc(F)c(C(F)(F)F)c1)c1ncccc1F. The molecule has 0 saturated heterocycles. The third-order valence-electron chi connectivity index (χ3n) is 2.66. The average Bonchev–Trinajstić information content (AvgIpc) is 2.37. The molecule has 2 nitrogen and oxygen atoms in total. The number of aliphatic hydroxyl groups excluding tert-OH is 1. The molecule has 1 atom stereocenters. The lowest BCUT2D eigenvalue weighted by atomic mass is 10.0. The smallest absolute Gasteiger partial charge is 0.382 e. The lowest BCUT2D eigenvalue weighted by Crippen LogP contribution is -2.11. The zero-order chi connectivity index (χ0) is 14.9. The summed E-state index contributed by atoms with van der Waals surface area (Å²) >= 11 is 0. The molecule has 20 heavy (non-hydrogen) atoms. The standard InChI is InChI=1S/C13H8F5NO/c14-9-4-3-7(6-8(9)13(16,17)18)12(20)11-10(15)2-1-5-19-11/h1-6,12,20H. The molecule has 0 spiro atoms. The van der Waals surface area contributed by atoms with E-state index in [1.54, 1.807) is 0 Å². The molecule has 0 bridgehead atoms. The molecule has 1 aromatic heterocycles. The lowest BCUT2D eigenvalue weighted by molar-refractivity contribution is -0.140. The van der Waals surface area contributed by atoms with E-state index in [1.165, 1.54) is 12.3 Å². The maximum atomic E-state index is 13.4. The Morgan fingerprint density at radius 3 is 2.35 bits per heavy atom. The van der Waals surface area contributed by atoms with Gasteiger partial charge in [0.2, 0.25) is 0 Å². The first kappa shape index (κ1) is 14.4. The number of alkyl halides is 3. The lowest BCUT2D eigenvalue weighted by Gasteiger charge is -2.14. The van der Waals surface area contributed by atoms with Crippen LogP contribution in [0.25, 0.3) is 0 Å². The Hall–Kier alpha value is -2.02. The van der Waals surface area contributed by atoms with Crippen LogP contribution in [0.3, 0.4) is 0 Å². The molecule has 0 radical (unpaired) electrons. The van der Waals surface area contributed by atoms with Gasteiger partial charge in [-0.05, 0) is 29.8 Å². The molecule has 1 aromatic carbocycles. The molecule has 0 aliphatic carbocycles. The fourth-order valence-electron chi connectivity index (χ4n) is 1.69. The Bertz CT molecular complexity index is 626. The number of aliphatic hydroxyl groups is 1. The third-order valence-corrected chi connectivity index (χ3v) is 2.66. The maximum absolute atomic E-state index is 13.4. The van der Waals surface area contributed by atoms with E-state index in [2.05, 4.69) is 4.98 Å². The molecule has 106 valence electrons. The Labute approximate surface area is 110 Å². The number of hydrogen-bond acceptors (Lipinski definition) is 2. The summed E-state index contributed by atoms with van der Waals surface area (Å²) in [5, 5.41) is 9.86. The van der Waals surface area contributed by atoms with E-state index in [4.69, 9.17) is 0 Å². The number of halogens is 5. The minimum Gasteiger partial charge on any atom is -0.382 e. The van der Waals surface area contributed by atoms with Crippen molar-refractivity contribution in [1.82, 2.24) is 4.98 Å². The molecule has 0 amide bonds. The van der Waals surface area contributed by atoms with Crippen molar-refractivity contribution in [2.75, 3.05) is 0 Å². The highest BCUT2D eigenvalue weighted by Gasteiger charge is 2.35. The largest absolute Gasteiger partial charge is 0.419 e. The van der Waals surface area contributed by atoms with Crippen molar-refractivity contribution in [3.8, 4) is 0 Å². The van der Waals surface area contributed by atoms with Crippen LogP contribution < -0.4 is 0 Å². The number of benzene rings is 1. The molecule has 2 aromatic rings. The van der Waals surface area contributed by atoms with Gasteiger partial charge in [-0.25, -0.2) is 8.78 Å². The molecule has 1 N–H and O–H groups in total. The number of hydrogen-bond donors (Lipinski definition) is 1. The van der Waals surface area contributed by atoms with Gasteiger partial charge >= 0.3 is 6.18 Å². The van der Waals surface area contributed by atoms with E-state index in [0.29, 0.717) is 12.1 Å². The molecule has 1 heterocycles. The number of nitrogens with zero attached hydrogens (tertiary/aromatic N) is 1. The monoisotopic (exact) mass is 289 g/mol. The van der Waals surface area contributed by atoms with Crippen molar-refractivity contribution in [3.63, 3.8) is 0 Å². The second-order valence-electron chi connectivity index (χ2n) is 4.01. The topological polar surface area (TPSA) is 33.1 Å². The second-order valence-corrected chi connectivity index (χ2v) is 4.01. The van der Waals surface area contributed by atoms with Gasteiger partial charge in [0.25, 0.3) is 0 Å². The van der Waals surface area contributed by atoms with Gasteiger partial charge in [-0.2, -0.15) is 13.2 Å². The van der Waals surface area contributed by atoms with Crippen molar-refractivity contribution in [3.05, 3.63) is 65.0 Å². The predicted octanol–water partition coefficient (Wildman–Crippen LogP) is 3.46. The van der Waals surface area contributed by atoms with Crippen molar-refractivity contribution in [2.45, 2.75) is 12.3 Å². The van der Waals surface area contributed by atoms with E-state index in [0.717, 1.165) is 12.1 Å². The van der Waals surface area contributed by atoms with Gasteiger partial charge in [0.15, 0.2) is 0 Å². The van der Waals surface area contributed by atoms with Crippen LogP contribution in [-0.4, -0.2) is 10.1 Å². The normalized spacial score (nSPS) is 13.3. The summed E-state index contributed by atoms with van der Waals surface area (Å²) < 4.78 is 64.2. The highest BCUT2D eigenvalue weighted by atomic mass is 19.4. The highest BCUT2D eigenvalue weighted by molar-refractivity contribution is 5.32. The first-order valence-electron chi connectivity index (χ1n) is 5.46. The first-order chi connectivity index (χ1) is 9.30.